The van der Waals surface area contributed by atoms with Crippen LogP contribution in [0.15, 0.2) is 53.4 Å². The summed E-state index contributed by atoms with van der Waals surface area (Å²) in [5.41, 5.74) is 2.41. The zero-order valence-electron chi connectivity index (χ0n) is 19.3. The number of rotatable bonds is 5. The van der Waals surface area contributed by atoms with Gasteiger partial charge in [-0.3, -0.25) is 0 Å². The van der Waals surface area contributed by atoms with Gasteiger partial charge in [0.1, 0.15) is 10.6 Å². The standard InChI is InChI=1S/C26H35NO3S/c1-17(2)26-15-25(19(4)16-27-26)24(13-20(26)5)21-7-6-8-22(14-21)30-31(28,29)23-11-9-18(3)10-12-23/h6-12,14,17,19-20,24-25,27H,13,15-16H2,1-5H3. The quantitative estimate of drug-likeness (QED) is 0.620. The van der Waals surface area contributed by atoms with Crippen molar-refractivity contribution >= 4 is 10.1 Å². The van der Waals surface area contributed by atoms with E-state index in [9.17, 15) is 8.42 Å². The molecule has 2 aliphatic rings. The fourth-order valence-corrected chi connectivity index (χ4v) is 6.84. The minimum Gasteiger partial charge on any atom is -0.379 e. The van der Waals surface area contributed by atoms with Gasteiger partial charge in [-0.05, 0) is 85.7 Å². The van der Waals surface area contributed by atoms with Crippen LogP contribution in [-0.2, 0) is 10.1 Å². The van der Waals surface area contributed by atoms with Gasteiger partial charge in [-0.25, -0.2) is 0 Å². The molecule has 31 heavy (non-hydrogen) atoms. The third-order valence-corrected chi connectivity index (χ3v) is 9.15. The molecule has 4 rings (SSSR count). The lowest BCUT2D eigenvalue weighted by molar-refractivity contribution is -0.00439. The summed E-state index contributed by atoms with van der Waals surface area (Å²) in [6.45, 7) is 12.4. The molecule has 2 fully saturated rings. The van der Waals surface area contributed by atoms with E-state index >= 15 is 0 Å². The van der Waals surface area contributed by atoms with Gasteiger partial charge in [-0.1, -0.05) is 57.5 Å². The summed E-state index contributed by atoms with van der Waals surface area (Å²) < 4.78 is 31.1. The van der Waals surface area contributed by atoms with Gasteiger partial charge in [-0.15, -0.1) is 0 Å². The molecule has 0 spiro atoms. The topological polar surface area (TPSA) is 55.4 Å². The Balaban J connectivity index is 1.60. The van der Waals surface area contributed by atoms with Crippen molar-refractivity contribution in [2.24, 2.45) is 23.7 Å². The van der Waals surface area contributed by atoms with Crippen LogP contribution in [0.25, 0.3) is 0 Å². The monoisotopic (exact) mass is 441 g/mol. The fourth-order valence-electron chi connectivity index (χ4n) is 5.91. The first-order chi connectivity index (χ1) is 14.6. The highest BCUT2D eigenvalue weighted by molar-refractivity contribution is 7.87. The van der Waals surface area contributed by atoms with E-state index in [1.54, 1.807) is 30.3 Å². The summed E-state index contributed by atoms with van der Waals surface area (Å²) in [6, 6.07) is 14.5. The minimum atomic E-state index is -3.85. The zero-order chi connectivity index (χ0) is 22.4. The van der Waals surface area contributed by atoms with Crippen molar-refractivity contribution in [1.82, 2.24) is 5.32 Å². The van der Waals surface area contributed by atoms with E-state index in [1.165, 1.54) is 12.0 Å². The molecule has 2 bridgehead atoms. The van der Waals surface area contributed by atoms with Crippen LogP contribution in [0, 0.1) is 30.6 Å². The van der Waals surface area contributed by atoms with Gasteiger partial charge in [0.2, 0.25) is 0 Å². The number of hydrogen-bond acceptors (Lipinski definition) is 4. The maximum absolute atomic E-state index is 12.8. The molecule has 2 aromatic rings. The molecule has 5 unspecified atom stereocenters. The lowest BCUT2D eigenvalue weighted by Gasteiger charge is -2.57. The number of nitrogens with one attached hydrogen (secondary N) is 1. The lowest BCUT2D eigenvalue weighted by atomic mass is 9.55. The summed E-state index contributed by atoms with van der Waals surface area (Å²) in [6.07, 6.45) is 2.28. The Bertz CT molecular complexity index is 1030. The molecule has 1 aliphatic heterocycles. The number of fused-ring (bicyclic) bond motifs is 2. The normalized spacial score (nSPS) is 30.9. The first kappa shape index (κ1) is 22.3. The van der Waals surface area contributed by atoms with E-state index in [-0.39, 0.29) is 10.4 Å². The van der Waals surface area contributed by atoms with Gasteiger partial charge >= 0.3 is 10.1 Å². The van der Waals surface area contributed by atoms with Gasteiger partial charge in [-0.2, -0.15) is 8.42 Å². The Hall–Kier alpha value is -1.85. The van der Waals surface area contributed by atoms with Crippen LogP contribution in [-0.4, -0.2) is 20.5 Å². The third-order valence-electron chi connectivity index (χ3n) is 7.89. The minimum absolute atomic E-state index is 0.184. The SMILES string of the molecule is Cc1ccc(S(=O)(=O)Oc2cccc(C3CC(C)C4(C(C)C)CC3C(C)CN4)c2)cc1. The van der Waals surface area contributed by atoms with Crippen molar-refractivity contribution in [2.75, 3.05) is 6.54 Å². The molecular formula is C26H35NO3S. The lowest BCUT2D eigenvalue weighted by Crippen LogP contribution is -2.64. The van der Waals surface area contributed by atoms with Gasteiger partial charge in [0.05, 0.1) is 0 Å². The van der Waals surface area contributed by atoms with Crippen molar-refractivity contribution in [3.05, 3.63) is 59.7 Å². The van der Waals surface area contributed by atoms with Crippen molar-refractivity contribution in [2.45, 2.75) is 63.8 Å². The van der Waals surface area contributed by atoms with E-state index in [1.807, 2.05) is 19.1 Å². The van der Waals surface area contributed by atoms with Crippen molar-refractivity contribution < 1.29 is 12.6 Å². The average molecular weight is 442 g/mol. The second kappa shape index (κ2) is 8.25. The van der Waals surface area contributed by atoms with Gasteiger partial charge in [0.25, 0.3) is 0 Å². The second-order valence-corrected chi connectivity index (χ2v) is 11.6. The molecule has 5 atom stereocenters. The van der Waals surface area contributed by atoms with Crippen LogP contribution in [0.2, 0.25) is 0 Å². The molecule has 0 aromatic heterocycles. The van der Waals surface area contributed by atoms with Gasteiger partial charge < -0.3 is 9.50 Å². The molecule has 0 radical (unpaired) electrons. The zero-order valence-corrected chi connectivity index (χ0v) is 20.1. The molecule has 2 aromatic carbocycles. The number of hydrogen-bond donors (Lipinski definition) is 1. The van der Waals surface area contributed by atoms with Gasteiger partial charge in [0, 0.05) is 5.54 Å². The first-order valence-electron chi connectivity index (χ1n) is 11.5. The van der Waals surface area contributed by atoms with Crippen molar-refractivity contribution in [3.63, 3.8) is 0 Å². The second-order valence-electron chi connectivity index (χ2n) is 10.1. The Morgan fingerprint density at radius 1 is 1.10 bits per heavy atom. The van der Waals surface area contributed by atoms with Crippen LogP contribution in [0.5, 0.6) is 5.75 Å². The molecular weight excluding hydrogens is 406 g/mol. The maximum atomic E-state index is 12.8. The fraction of sp³-hybridized carbons (Fsp3) is 0.538. The molecule has 5 heteroatoms. The third kappa shape index (κ3) is 4.14. The molecule has 168 valence electrons. The van der Waals surface area contributed by atoms with E-state index in [4.69, 9.17) is 4.18 Å². The van der Waals surface area contributed by atoms with E-state index in [0.29, 0.717) is 35.3 Å². The predicted octanol–water partition coefficient (Wildman–Crippen LogP) is 5.53. The number of benzene rings is 2. The smallest absolute Gasteiger partial charge is 0.339 e. The number of aryl methyl sites for hydroxylation is 1. The predicted molar refractivity (Wildman–Crippen MR) is 125 cm³/mol. The van der Waals surface area contributed by atoms with Crippen LogP contribution in [0.3, 0.4) is 0 Å². The molecule has 1 N–H and O–H groups in total. The van der Waals surface area contributed by atoms with E-state index < -0.39 is 10.1 Å². The average Bonchev–Trinajstić information content (AvgIpc) is 2.72. The summed E-state index contributed by atoms with van der Waals surface area (Å²) in [5.74, 6) is 3.14. The highest BCUT2D eigenvalue weighted by atomic mass is 32.2. The molecule has 1 aliphatic carbocycles. The molecule has 1 heterocycles. The van der Waals surface area contributed by atoms with Crippen LogP contribution < -0.4 is 9.50 Å². The Morgan fingerprint density at radius 3 is 2.48 bits per heavy atom. The summed E-state index contributed by atoms with van der Waals surface area (Å²) in [4.78, 5) is 0.184. The highest BCUT2D eigenvalue weighted by Gasteiger charge is 2.51. The largest absolute Gasteiger partial charge is 0.379 e. The highest BCUT2D eigenvalue weighted by Crippen LogP contribution is 2.53. The Kier molecular flexibility index (Phi) is 5.95. The Morgan fingerprint density at radius 2 is 1.81 bits per heavy atom. The number of piperidine rings is 1. The van der Waals surface area contributed by atoms with Crippen LogP contribution in [0.4, 0.5) is 0 Å². The van der Waals surface area contributed by atoms with Gasteiger partial charge in [0.15, 0.2) is 0 Å². The molecule has 1 saturated heterocycles. The molecule has 0 amide bonds. The van der Waals surface area contributed by atoms with E-state index in [0.717, 1.165) is 18.5 Å². The first-order valence-corrected chi connectivity index (χ1v) is 12.9. The van der Waals surface area contributed by atoms with Crippen LogP contribution in [0.1, 0.15) is 57.6 Å². The van der Waals surface area contributed by atoms with Crippen LogP contribution >= 0.6 is 0 Å². The summed E-state index contributed by atoms with van der Waals surface area (Å²) in [7, 11) is -3.85. The maximum Gasteiger partial charge on any atom is 0.339 e. The summed E-state index contributed by atoms with van der Waals surface area (Å²) in [5, 5.41) is 3.90. The Labute approximate surface area is 187 Å². The molecule has 4 nitrogen and oxygen atoms in total. The van der Waals surface area contributed by atoms with E-state index in [2.05, 4.69) is 39.1 Å². The van der Waals surface area contributed by atoms with Crippen molar-refractivity contribution in [3.8, 4) is 5.75 Å². The molecule has 1 saturated carbocycles. The van der Waals surface area contributed by atoms with Crippen molar-refractivity contribution in [1.29, 1.82) is 0 Å². The summed E-state index contributed by atoms with van der Waals surface area (Å²) >= 11 is 0.